The SMILES string of the molecule is C=C(C)[C@@H]1CC[C@]2(NCCN3CCS(=O)(=O)CC3)CC[C@]3(C)[C@H](CC[C@@H]4[C@@]5(C)CC=C(C6=CC[C@@](CCF)(C(=O)O)CC6)C(C)(C)[C@@H]5CC[C@]43C)[C@@H]12. The van der Waals surface area contributed by atoms with E-state index in [1.165, 1.54) is 68.1 Å². The normalized spacial score (nSPS) is 45.4. The highest BCUT2D eigenvalue weighted by Crippen LogP contribution is 2.76. The first-order valence-electron chi connectivity index (χ1n) is 20.9. The third-order valence-electron chi connectivity index (χ3n) is 18.0. The second kappa shape index (κ2) is 13.3. The zero-order chi connectivity index (χ0) is 37.5. The molecule has 0 unspecified atom stereocenters. The summed E-state index contributed by atoms with van der Waals surface area (Å²) in [5.41, 5.74) is 4.03. The number of hydrogen-bond donors (Lipinski definition) is 2. The van der Waals surface area contributed by atoms with Gasteiger partial charge in [-0.05, 0) is 153 Å². The Bertz CT molecular complexity index is 1610. The second-order valence-electron chi connectivity index (χ2n) is 20.3. The first-order chi connectivity index (χ1) is 24.4. The summed E-state index contributed by atoms with van der Waals surface area (Å²) in [6.07, 6.45) is 17.6. The van der Waals surface area contributed by atoms with Crippen molar-refractivity contribution < 1.29 is 22.7 Å². The third-order valence-corrected chi connectivity index (χ3v) is 19.6. The summed E-state index contributed by atoms with van der Waals surface area (Å²) >= 11 is 0. The van der Waals surface area contributed by atoms with Crippen LogP contribution in [0, 0.1) is 56.7 Å². The molecule has 0 bridgehead atoms. The molecule has 0 spiro atoms. The lowest BCUT2D eigenvalue weighted by Crippen LogP contribution is -2.68. The van der Waals surface area contributed by atoms with Gasteiger partial charge in [-0.25, -0.2) is 8.42 Å². The topological polar surface area (TPSA) is 86.7 Å². The van der Waals surface area contributed by atoms with Gasteiger partial charge in [0.1, 0.15) is 0 Å². The van der Waals surface area contributed by atoms with Gasteiger partial charge in [-0.3, -0.25) is 9.18 Å². The minimum atomic E-state index is -2.87. The molecule has 0 amide bonds. The van der Waals surface area contributed by atoms with Gasteiger partial charge in [0.25, 0.3) is 0 Å². The van der Waals surface area contributed by atoms with Crippen molar-refractivity contribution in [2.75, 3.05) is 44.4 Å². The number of sulfone groups is 1. The predicted octanol–water partition coefficient (Wildman–Crippen LogP) is 8.79. The molecule has 1 heterocycles. The number of rotatable bonds is 9. The Labute approximate surface area is 314 Å². The Morgan fingerprint density at radius 2 is 1.67 bits per heavy atom. The molecule has 0 aromatic heterocycles. The van der Waals surface area contributed by atoms with E-state index in [0.29, 0.717) is 67.0 Å². The molecule has 2 N–H and O–H groups in total. The molecule has 52 heavy (non-hydrogen) atoms. The fraction of sp³-hybridized carbons (Fsp3) is 0.841. The number of nitrogens with one attached hydrogen (secondary N) is 1. The number of nitrogens with zero attached hydrogens (tertiary/aromatic N) is 1. The minimum Gasteiger partial charge on any atom is -0.481 e. The van der Waals surface area contributed by atoms with Crippen molar-refractivity contribution in [3.05, 3.63) is 35.5 Å². The minimum absolute atomic E-state index is 0.00190. The molecule has 4 saturated carbocycles. The van der Waals surface area contributed by atoms with E-state index in [1.807, 2.05) is 0 Å². The molecule has 1 aliphatic heterocycles. The van der Waals surface area contributed by atoms with Gasteiger partial charge in [0.2, 0.25) is 0 Å². The lowest BCUT2D eigenvalue weighted by Gasteiger charge is -2.72. The van der Waals surface area contributed by atoms with Gasteiger partial charge in [0.05, 0.1) is 23.6 Å². The van der Waals surface area contributed by atoms with Crippen LogP contribution in [0.3, 0.4) is 0 Å². The van der Waals surface area contributed by atoms with E-state index in [9.17, 15) is 22.7 Å². The number of alkyl halides is 1. The van der Waals surface area contributed by atoms with Gasteiger partial charge in [-0.15, -0.1) is 0 Å². The van der Waals surface area contributed by atoms with Crippen LogP contribution in [-0.2, 0) is 14.6 Å². The fourth-order valence-corrected chi connectivity index (χ4v) is 16.2. The molecule has 10 atom stereocenters. The van der Waals surface area contributed by atoms with Crippen molar-refractivity contribution in [3.63, 3.8) is 0 Å². The van der Waals surface area contributed by atoms with Crippen LogP contribution < -0.4 is 5.32 Å². The van der Waals surface area contributed by atoms with Crippen LogP contribution in [0.2, 0.25) is 0 Å². The highest BCUT2D eigenvalue weighted by atomic mass is 32.2. The Morgan fingerprint density at radius 3 is 2.31 bits per heavy atom. The summed E-state index contributed by atoms with van der Waals surface area (Å²) in [6, 6.07) is 0. The van der Waals surface area contributed by atoms with Crippen LogP contribution in [0.5, 0.6) is 0 Å². The van der Waals surface area contributed by atoms with Crippen LogP contribution in [0.4, 0.5) is 4.39 Å². The van der Waals surface area contributed by atoms with Crippen LogP contribution >= 0.6 is 0 Å². The summed E-state index contributed by atoms with van der Waals surface area (Å²) < 4.78 is 37.5. The highest BCUT2D eigenvalue weighted by Gasteiger charge is 2.70. The number of allylic oxidation sites excluding steroid dienone is 5. The fourth-order valence-electron chi connectivity index (χ4n) is 14.9. The maximum atomic E-state index is 13.4. The Balaban J connectivity index is 1.13. The molecule has 292 valence electrons. The van der Waals surface area contributed by atoms with Crippen LogP contribution in [0.15, 0.2) is 35.5 Å². The number of fused-ring (bicyclic) bond motifs is 7. The molecule has 7 rings (SSSR count). The smallest absolute Gasteiger partial charge is 0.310 e. The average molecular weight is 741 g/mol. The predicted molar refractivity (Wildman–Crippen MR) is 208 cm³/mol. The zero-order valence-corrected chi connectivity index (χ0v) is 34.1. The van der Waals surface area contributed by atoms with Crippen molar-refractivity contribution in [2.45, 2.75) is 131 Å². The Morgan fingerprint density at radius 1 is 0.942 bits per heavy atom. The summed E-state index contributed by atoms with van der Waals surface area (Å²) in [6.45, 7) is 22.4. The monoisotopic (exact) mass is 740 g/mol. The van der Waals surface area contributed by atoms with Crippen LogP contribution in [-0.4, -0.2) is 74.3 Å². The maximum absolute atomic E-state index is 13.4. The molecular formula is C44H69FN2O4S. The van der Waals surface area contributed by atoms with Crippen molar-refractivity contribution in [1.29, 1.82) is 0 Å². The average Bonchev–Trinajstić information content (AvgIpc) is 3.46. The Hall–Kier alpha value is -1.51. The number of carboxylic acid groups (broad SMARTS) is 1. The number of aliphatic carboxylic acids is 1. The summed E-state index contributed by atoms with van der Waals surface area (Å²) in [5, 5.41) is 14.2. The molecule has 6 aliphatic carbocycles. The van der Waals surface area contributed by atoms with E-state index < -0.39 is 27.9 Å². The number of carboxylic acids is 1. The largest absolute Gasteiger partial charge is 0.481 e. The number of hydrogen-bond acceptors (Lipinski definition) is 5. The quantitative estimate of drug-likeness (QED) is 0.230. The van der Waals surface area contributed by atoms with E-state index >= 15 is 0 Å². The molecule has 0 radical (unpaired) electrons. The van der Waals surface area contributed by atoms with E-state index in [2.05, 4.69) is 70.5 Å². The van der Waals surface area contributed by atoms with Crippen molar-refractivity contribution >= 4 is 15.8 Å². The van der Waals surface area contributed by atoms with Gasteiger partial charge in [-0.2, -0.15) is 0 Å². The van der Waals surface area contributed by atoms with Gasteiger partial charge in [0.15, 0.2) is 9.84 Å². The van der Waals surface area contributed by atoms with E-state index in [-0.39, 0.29) is 33.6 Å². The Kier molecular flexibility index (Phi) is 9.92. The first kappa shape index (κ1) is 38.8. The lowest BCUT2D eigenvalue weighted by atomic mass is 9.33. The molecule has 0 aromatic carbocycles. The highest BCUT2D eigenvalue weighted by molar-refractivity contribution is 7.91. The van der Waals surface area contributed by atoms with E-state index in [0.717, 1.165) is 25.9 Å². The zero-order valence-electron chi connectivity index (χ0n) is 33.3. The van der Waals surface area contributed by atoms with Gasteiger partial charge in [-0.1, -0.05) is 58.9 Å². The van der Waals surface area contributed by atoms with E-state index in [4.69, 9.17) is 0 Å². The third kappa shape index (κ3) is 5.87. The number of carbonyl (C=O) groups is 1. The van der Waals surface area contributed by atoms with Crippen molar-refractivity contribution in [1.82, 2.24) is 10.2 Å². The standard InChI is InChI=1S/C44H69FN2O4S/c1-30(2)32-12-19-44(46-24-25-47-26-28-52(50,51)29-27-47)21-20-41(6)34(37(32)44)8-9-36-40(5)15-13-33(39(3,4)35(40)14-16-42(36,41)7)31-10-17-43(18-11-31,22-23-45)38(48)49/h10,13,32,34-37,46H,1,8-9,11-12,14-29H2,2-7H3,(H,48,49)/t32-,34+,35-,36+,37+,40-,41+,42+,43+,44-/m0/s1. The lowest BCUT2D eigenvalue weighted by molar-refractivity contribution is -0.221. The van der Waals surface area contributed by atoms with Gasteiger partial charge in [0, 0.05) is 31.7 Å². The first-order valence-corrected chi connectivity index (χ1v) is 22.7. The molecule has 5 fully saturated rings. The molecule has 8 heteroatoms. The van der Waals surface area contributed by atoms with Crippen LogP contribution in [0.25, 0.3) is 0 Å². The van der Waals surface area contributed by atoms with Crippen molar-refractivity contribution in [2.24, 2.45) is 56.7 Å². The molecule has 1 saturated heterocycles. The summed E-state index contributed by atoms with van der Waals surface area (Å²) in [4.78, 5) is 14.6. The number of halogens is 1. The summed E-state index contributed by atoms with van der Waals surface area (Å²) in [5.74, 6) is 2.77. The molecular weight excluding hydrogens is 672 g/mol. The summed E-state index contributed by atoms with van der Waals surface area (Å²) in [7, 11) is -2.87. The van der Waals surface area contributed by atoms with Gasteiger partial charge >= 0.3 is 5.97 Å². The maximum Gasteiger partial charge on any atom is 0.310 e. The van der Waals surface area contributed by atoms with Crippen LogP contribution in [0.1, 0.15) is 125 Å². The molecule has 7 aliphatic rings. The molecule has 6 nitrogen and oxygen atoms in total. The second-order valence-corrected chi connectivity index (χ2v) is 22.6. The van der Waals surface area contributed by atoms with E-state index in [1.54, 1.807) is 0 Å². The molecule has 0 aromatic rings. The van der Waals surface area contributed by atoms with Gasteiger partial charge < -0.3 is 15.3 Å². The van der Waals surface area contributed by atoms with Crippen molar-refractivity contribution in [3.8, 4) is 0 Å².